The van der Waals surface area contributed by atoms with E-state index in [1.165, 1.54) is 43.8 Å². The zero-order valence-electron chi connectivity index (χ0n) is 23.5. The predicted molar refractivity (Wildman–Crippen MR) is 150 cm³/mol. The summed E-state index contributed by atoms with van der Waals surface area (Å²) in [6.07, 6.45) is 3.47. The van der Waals surface area contributed by atoms with E-state index in [-0.39, 0.29) is 17.9 Å². The molecule has 2 atom stereocenters. The van der Waals surface area contributed by atoms with Gasteiger partial charge in [-0.2, -0.15) is 15.5 Å². The largest absolute Gasteiger partial charge is 0.383 e. The molecule has 0 radical (unpaired) electrons. The molecule has 0 bridgehead atoms. The fourth-order valence-electron chi connectivity index (χ4n) is 5.17. The first kappa shape index (κ1) is 30.0. The van der Waals surface area contributed by atoms with Crippen molar-refractivity contribution in [1.29, 1.82) is 0 Å². The van der Waals surface area contributed by atoms with Gasteiger partial charge in [-0.1, -0.05) is 31.4 Å². The van der Waals surface area contributed by atoms with Gasteiger partial charge in [-0.25, -0.2) is 13.8 Å². The Morgan fingerprint density at radius 1 is 1.10 bits per heavy atom. The third kappa shape index (κ3) is 7.61. The highest BCUT2D eigenvalue weighted by atomic mass is 19.3. The molecule has 1 unspecified atom stereocenters. The van der Waals surface area contributed by atoms with Crippen LogP contribution in [0.1, 0.15) is 58.2 Å². The Morgan fingerprint density at radius 3 is 2.52 bits per heavy atom. The van der Waals surface area contributed by atoms with Gasteiger partial charge in [0.2, 0.25) is 5.95 Å². The highest BCUT2D eigenvalue weighted by molar-refractivity contribution is 5.78. The first-order valence-electron chi connectivity index (χ1n) is 14.0. The number of halogens is 3. The lowest BCUT2D eigenvalue weighted by atomic mass is 9.89. The van der Waals surface area contributed by atoms with Gasteiger partial charge in [-0.3, -0.25) is 4.57 Å². The lowest BCUT2D eigenvalue weighted by Crippen LogP contribution is -2.44. The van der Waals surface area contributed by atoms with E-state index in [1.807, 2.05) is 6.07 Å². The van der Waals surface area contributed by atoms with Gasteiger partial charge in [0.15, 0.2) is 5.82 Å². The smallest absolute Gasteiger partial charge is 0.296 e. The molecule has 5 rings (SSSR count). The van der Waals surface area contributed by atoms with Gasteiger partial charge in [0, 0.05) is 26.3 Å². The van der Waals surface area contributed by atoms with E-state index >= 15 is 0 Å². The fourth-order valence-corrected chi connectivity index (χ4v) is 5.17. The Kier molecular flexibility index (Phi) is 11.0. The number of morpholine rings is 1. The van der Waals surface area contributed by atoms with Crippen LogP contribution in [0.25, 0.3) is 16.9 Å². The normalized spacial score (nSPS) is 19.0. The molecule has 3 heterocycles. The summed E-state index contributed by atoms with van der Waals surface area (Å²) in [6, 6.07) is 8.88. The van der Waals surface area contributed by atoms with Gasteiger partial charge < -0.3 is 19.7 Å². The van der Waals surface area contributed by atoms with Crippen molar-refractivity contribution < 1.29 is 22.7 Å². The van der Waals surface area contributed by atoms with Crippen LogP contribution in [-0.4, -0.2) is 71.6 Å². The summed E-state index contributed by atoms with van der Waals surface area (Å²) in [4.78, 5) is 15.8. The van der Waals surface area contributed by atoms with Crippen molar-refractivity contribution in [2.45, 2.75) is 64.5 Å². The first-order chi connectivity index (χ1) is 19.4. The molecule has 2 aliphatic rings. The minimum absolute atomic E-state index is 0.127. The van der Waals surface area contributed by atoms with E-state index in [4.69, 9.17) is 9.72 Å². The SMILES string of the molecule is COCC(C)NF.C[C@H]1COCCN1c1cc(-n2c(C(F)F)nc3ccccc32)nc(NCC2CCCCC2)n1. The van der Waals surface area contributed by atoms with E-state index < -0.39 is 6.43 Å². The third-order valence-corrected chi connectivity index (χ3v) is 7.25. The van der Waals surface area contributed by atoms with Crippen LogP contribution in [-0.2, 0) is 9.47 Å². The zero-order valence-corrected chi connectivity index (χ0v) is 23.5. The van der Waals surface area contributed by atoms with Crippen molar-refractivity contribution in [2.24, 2.45) is 5.92 Å². The minimum atomic E-state index is -2.73. The number of rotatable bonds is 9. The van der Waals surface area contributed by atoms with Crippen molar-refractivity contribution in [1.82, 2.24) is 25.1 Å². The number of aromatic nitrogens is 4. The maximum atomic E-state index is 14.0. The molecule has 2 N–H and O–H groups in total. The molecule has 220 valence electrons. The Labute approximate surface area is 233 Å². The number of hydrogen-bond acceptors (Lipinski definition) is 8. The maximum Gasteiger partial charge on any atom is 0.296 e. The molecular weight excluding hydrogens is 523 g/mol. The lowest BCUT2D eigenvalue weighted by Gasteiger charge is -2.34. The van der Waals surface area contributed by atoms with E-state index in [1.54, 1.807) is 36.7 Å². The number of nitrogens with zero attached hydrogens (tertiary/aromatic N) is 5. The van der Waals surface area contributed by atoms with E-state index in [2.05, 4.69) is 31.8 Å². The van der Waals surface area contributed by atoms with Crippen LogP contribution < -0.4 is 15.8 Å². The second-order valence-electron chi connectivity index (χ2n) is 10.5. The van der Waals surface area contributed by atoms with Crippen LogP contribution in [0, 0.1) is 5.92 Å². The molecule has 1 aliphatic heterocycles. The van der Waals surface area contributed by atoms with E-state index in [9.17, 15) is 13.3 Å². The Bertz CT molecular complexity index is 1210. The molecule has 1 aliphatic carbocycles. The predicted octanol–water partition coefficient (Wildman–Crippen LogP) is 5.47. The molecule has 1 aromatic carbocycles. The Balaban J connectivity index is 0.000000470. The molecule has 1 saturated heterocycles. The van der Waals surface area contributed by atoms with Crippen molar-refractivity contribution in [3.05, 3.63) is 36.2 Å². The molecule has 1 saturated carbocycles. The molecule has 2 fully saturated rings. The minimum Gasteiger partial charge on any atom is -0.383 e. The topological polar surface area (TPSA) is 89.4 Å². The van der Waals surface area contributed by atoms with E-state index in [0.29, 0.717) is 60.9 Å². The number of imidazole rings is 1. The van der Waals surface area contributed by atoms with Crippen LogP contribution in [0.15, 0.2) is 30.3 Å². The lowest BCUT2D eigenvalue weighted by molar-refractivity contribution is 0.0985. The molecule has 0 amide bonds. The van der Waals surface area contributed by atoms with Crippen molar-refractivity contribution in [2.75, 3.05) is 50.2 Å². The van der Waals surface area contributed by atoms with E-state index in [0.717, 1.165) is 6.54 Å². The number of fused-ring (bicyclic) bond motifs is 1. The van der Waals surface area contributed by atoms with Gasteiger partial charge in [0.05, 0.1) is 42.9 Å². The highest BCUT2D eigenvalue weighted by Crippen LogP contribution is 2.30. The second-order valence-corrected chi connectivity index (χ2v) is 10.5. The van der Waals surface area contributed by atoms with Gasteiger partial charge in [0.1, 0.15) is 11.6 Å². The average molecular weight is 564 g/mol. The molecule has 40 heavy (non-hydrogen) atoms. The summed E-state index contributed by atoms with van der Waals surface area (Å²) in [5.41, 5.74) is 2.66. The molecule has 3 aromatic rings. The molecule has 0 spiro atoms. The highest BCUT2D eigenvalue weighted by Gasteiger charge is 2.25. The van der Waals surface area contributed by atoms with Gasteiger partial charge >= 0.3 is 0 Å². The number of para-hydroxylation sites is 2. The number of ether oxygens (including phenoxy) is 2. The third-order valence-electron chi connectivity index (χ3n) is 7.25. The summed E-state index contributed by atoms with van der Waals surface area (Å²) >= 11 is 0. The summed E-state index contributed by atoms with van der Waals surface area (Å²) < 4.78 is 50.9. The molecule has 2 aromatic heterocycles. The number of methoxy groups -OCH3 is 1. The van der Waals surface area contributed by atoms with Gasteiger partial charge in [-0.15, -0.1) is 4.48 Å². The van der Waals surface area contributed by atoms with Gasteiger partial charge in [-0.05, 0) is 44.7 Å². The number of alkyl halides is 2. The van der Waals surface area contributed by atoms with Crippen molar-refractivity contribution in [3.63, 3.8) is 0 Å². The summed E-state index contributed by atoms with van der Waals surface area (Å²) in [6.45, 7) is 6.86. The second kappa shape index (κ2) is 14.6. The van der Waals surface area contributed by atoms with Crippen LogP contribution in [0.2, 0.25) is 0 Å². The van der Waals surface area contributed by atoms with Crippen LogP contribution in [0.5, 0.6) is 0 Å². The molecule has 9 nitrogen and oxygen atoms in total. The molecule has 12 heteroatoms. The quantitative estimate of drug-likeness (QED) is 0.332. The fraction of sp³-hybridized carbons (Fsp3) is 0.607. The van der Waals surface area contributed by atoms with Crippen LogP contribution >= 0.6 is 0 Å². The molecular formula is C28H40F3N7O2. The Morgan fingerprint density at radius 2 is 1.85 bits per heavy atom. The monoisotopic (exact) mass is 563 g/mol. The summed E-state index contributed by atoms with van der Waals surface area (Å²) in [5, 5.41) is 3.41. The van der Waals surface area contributed by atoms with Crippen LogP contribution in [0.3, 0.4) is 0 Å². The number of nitrogens with one attached hydrogen (secondary N) is 2. The van der Waals surface area contributed by atoms with Crippen molar-refractivity contribution >= 4 is 22.8 Å². The first-order valence-corrected chi connectivity index (χ1v) is 14.0. The van der Waals surface area contributed by atoms with Crippen molar-refractivity contribution in [3.8, 4) is 5.82 Å². The zero-order chi connectivity index (χ0) is 28.5. The average Bonchev–Trinajstić information content (AvgIpc) is 3.37. The Hall–Kier alpha value is -2.96. The number of hydrogen-bond donors (Lipinski definition) is 2. The maximum absolute atomic E-state index is 14.0. The summed E-state index contributed by atoms with van der Waals surface area (Å²) in [7, 11) is 1.54. The standard InChI is InChI=1S/C24H30F2N6O.C4H10FNO/c1-16-15-33-12-11-31(16)20-13-21(30-24(29-20)27-14-17-7-3-2-4-8-17)32-19-10-6-5-9-18(19)28-23(32)22(25)26;1-4(6-5)3-7-2/h5-6,9-10,13,16-17,22H,2-4,7-8,11-12,14-15H2,1H3,(H,27,29,30);4,6H,3H2,1-2H3/t16-;/m0./s1. The summed E-state index contributed by atoms with van der Waals surface area (Å²) in [5.74, 6) is 1.84. The number of benzene rings is 1. The van der Waals surface area contributed by atoms with Crippen LogP contribution in [0.4, 0.5) is 25.0 Å². The number of anilines is 2. The van der Waals surface area contributed by atoms with Gasteiger partial charge in [0.25, 0.3) is 6.43 Å².